The van der Waals surface area contributed by atoms with Crippen LogP contribution in [0.3, 0.4) is 0 Å². The van der Waals surface area contributed by atoms with Crippen LogP contribution in [0, 0.1) is 5.82 Å². The molecule has 0 aliphatic carbocycles. The Morgan fingerprint density at radius 3 is 2.90 bits per heavy atom. The zero-order valence-electron chi connectivity index (χ0n) is 11.1. The van der Waals surface area contributed by atoms with Crippen LogP contribution < -0.4 is 5.32 Å². The lowest BCUT2D eigenvalue weighted by molar-refractivity contribution is -0.117. The van der Waals surface area contributed by atoms with Gasteiger partial charge in [-0.2, -0.15) is 11.8 Å². The van der Waals surface area contributed by atoms with Crippen LogP contribution in [0.4, 0.5) is 4.39 Å². The van der Waals surface area contributed by atoms with Gasteiger partial charge in [-0.3, -0.25) is 4.79 Å². The number of carbonyl (C=O) groups is 1. The van der Waals surface area contributed by atoms with Gasteiger partial charge in [-0.1, -0.05) is 12.1 Å². The zero-order chi connectivity index (χ0) is 14.4. The smallest absolute Gasteiger partial charge is 0.244 e. The van der Waals surface area contributed by atoms with E-state index < -0.39 is 5.60 Å². The molecule has 0 bridgehead atoms. The van der Waals surface area contributed by atoms with Crippen molar-refractivity contribution in [1.29, 1.82) is 0 Å². The van der Waals surface area contributed by atoms with Gasteiger partial charge in [0.05, 0.1) is 5.60 Å². The molecule has 1 aliphatic rings. The first-order valence-electron chi connectivity index (χ1n) is 6.59. The molecular weight excluding hydrogens is 277 g/mol. The van der Waals surface area contributed by atoms with E-state index in [1.54, 1.807) is 18.2 Å². The molecule has 20 heavy (non-hydrogen) atoms. The predicted octanol–water partition coefficient (Wildman–Crippen LogP) is 2.21. The Morgan fingerprint density at radius 1 is 1.45 bits per heavy atom. The second kappa shape index (κ2) is 6.90. The Bertz CT molecular complexity index is 498. The molecule has 1 heterocycles. The Morgan fingerprint density at radius 2 is 2.20 bits per heavy atom. The molecule has 0 spiro atoms. The summed E-state index contributed by atoms with van der Waals surface area (Å²) in [6.07, 6.45) is 4.31. The fourth-order valence-corrected chi connectivity index (χ4v) is 3.27. The molecule has 1 fully saturated rings. The van der Waals surface area contributed by atoms with E-state index in [2.05, 4.69) is 5.32 Å². The molecule has 0 radical (unpaired) electrons. The number of halogens is 1. The van der Waals surface area contributed by atoms with Gasteiger partial charge < -0.3 is 10.4 Å². The Kier molecular flexibility index (Phi) is 5.20. The van der Waals surface area contributed by atoms with E-state index >= 15 is 0 Å². The molecule has 0 saturated carbocycles. The third-order valence-electron chi connectivity index (χ3n) is 3.29. The van der Waals surface area contributed by atoms with Crippen LogP contribution in [0.2, 0.25) is 0 Å². The van der Waals surface area contributed by atoms with Crippen LogP contribution in [-0.2, 0) is 4.79 Å². The van der Waals surface area contributed by atoms with Crippen LogP contribution >= 0.6 is 11.8 Å². The maximum Gasteiger partial charge on any atom is 0.244 e. The van der Waals surface area contributed by atoms with Crippen molar-refractivity contribution in [2.24, 2.45) is 0 Å². The molecular formula is C15H18FNO2S. The number of hydrogen-bond donors (Lipinski definition) is 2. The summed E-state index contributed by atoms with van der Waals surface area (Å²) < 4.78 is 13.0. The molecule has 2 N–H and O–H groups in total. The lowest BCUT2D eigenvalue weighted by Gasteiger charge is -2.31. The van der Waals surface area contributed by atoms with Crippen LogP contribution in [0.5, 0.6) is 0 Å². The summed E-state index contributed by atoms with van der Waals surface area (Å²) >= 11 is 1.82. The average Bonchev–Trinajstić information content (AvgIpc) is 2.44. The largest absolute Gasteiger partial charge is 0.388 e. The molecule has 0 aromatic heterocycles. The summed E-state index contributed by atoms with van der Waals surface area (Å²) in [7, 11) is 0. The molecule has 1 aliphatic heterocycles. The number of thioether (sulfide) groups is 1. The Hall–Kier alpha value is -1.33. The number of nitrogens with one attached hydrogen (secondary N) is 1. The van der Waals surface area contributed by atoms with Crippen LogP contribution in [-0.4, -0.2) is 34.7 Å². The third kappa shape index (κ3) is 4.65. The normalized spacial score (nSPS) is 18.1. The van der Waals surface area contributed by atoms with E-state index in [1.165, 1.54) is 18.2 Å². The van der Waals surface area contributed by atoms with Crippen molar-refractivity contribution in [1.82, 2.24) is 5.32 Å². The molecule has 0 unspecified atom stereocenters. The molecule has 1 amide bonds. The van der Waals surface area contributed by atoms with E-state index in [4.69, 9.17) is 0 Å². The Labute approximate surface area is 122 Å². The van der Waals surface area contributed by atoms with E-state index in [1.807, 2.05) is 11.8 Å². The van der Waals surface area contributed by atoms with Crippen molar-refractivity contribution in [3.8, 4) is 0 Å². The second-order valence-electron chi connectivity index (χ2n) is 4.94. The number of aliphatic hydroxyl groups is 1. The van der Waals surface area contributed by atoms with Gasteiger partial charge in [-0.25, -0.2) is 4.39 Å². The monoisotopic (exact) mass is 295 g/mol. The standard InChI is InChI=1S/C15H18FNO2S/c16-13-3-1-2-12(10-13)4-5-14(18)17-11-15(19)6-8-20-9-7-15/h1-5,10,19H,6-9,11H2,(H,17,18)/b5-4+. The number of rotatable bonds is 4. The third-order valence-corrected chi connectivity index (χ3v) is 4.28. The SMILES string of the molecule is O=C(/C=C/c1cccc(F)c1)NCC1(O)CCSCC1. The minimum Gasteiger partial charge on any atom is -0.388 e. The van der Waals surface area contributed by atoms with Crippen molar-refractivity contribution < 1.29 is 14.3 Å². The van der Waals surface area contributed by atoms with Gasteiger partial charge in [0.1, 0.15) is 5.82 Å². The highest BCUT2D eigenvalue weighted by Gasteiger charge is 2.29. The molecule has 3 nitrogen and oxygen atoms in total. The fraction of sp³-hybridized carbons (Fsp3) is 0.400. The van der Waals surface area contributed by atoms with Gasteiger partial charge in [0.25, 0.3) is 0 Å². The maximum atomic E-state index is 13.0. The minimum absolute atomic E-state index is 0.264. The number of benzene rings is 1. The summed E-state index contributed by atoms with van der Waals surface area (Å²) in [5.41, 5.74) is -0.152. The van der Waals surface area contributed by atoms with Crippen LogP contribution in [0.15, 0.2) is 30.3 Å². The highest BCUT2D eigenvalue weighted by molar-refractivity contribution is 7.99. The molecule has 1 aromatic carbocycles. The highest BCUT2D eigenvalue weighted by atomic mass is 32.2. The number of hydrogen-bond acceptors (Lipinski definition) is 3. The van der Waals surface area contributed by atoms with E-state index in [-0.39, 0.29) is 18.3 Å². The van der Waals surface area contributed by atoms with Crippen molar-refractivity contribution in [2.75, 3.05) is 18.1 Å². The highest BCUT2D eigenvalue weighted by Crippen LogP contribution is 2.26. The van der Waals surface area contributed by atoms with Gasteiger partial charge in [-0.05, 0) is 48.1 Å². The van der Waals surface area contributed by atoms with Gasteiger partial charge in [0.15, 0.2) is 0 Å². The van der Waals surface area contributed by atoms with Crippen LogP contribution in [0.1, 0.15) is 18.4 Å². The van der Waals surface area contributed by atoms with Gasteiger partial charge in [0, 0.05) is 12.6 Å². The van der Waals surface area contributed by atoms with Crippen molar-refractivity contribution in [3.05, 3.63) is 41.7 Å². The number of amides is 1. The second-order valence-corrected chi connectivity index (χ2v) is 6.17. The van der Waals surface area contributed by atoms with Crippen molar-refractivity contribution in [3.63, 3.8) is 0 Å². The van der Waals surface area contributed by atoms with Gasteiger partial charge >= 0.3 is 0 Å². The minimum atomic E-state index is -0.784. The summed E-state index contributed by atoms with van der Waals surface area (Å²) in [6, 6.07) is 6.03. The fourth-order valence-electron chi connectivity index (χ4n) is 2.02. The van der Waals surface area contributed by atoms with Crippen molar-refractivity contribution >= 4 is 23.7 Å². The number of carbonyl (C=O) groups excluding carboxylic acids is 1. The zero-order valence-corrected chi connectivity index (χ0v) is 12.0. The van der Waals surface area contributed by atoms with Crippen molar-refractivity contribution in [2.45, 2.75) is 18.4 Å². The summed E-state index contributed by atoms with van der Waals surface area (Å²) in [6.45, 7) is 0.264. The predicted molar refractivity (Wildman–Crippen MR) is 80.0 cm³/mol. The van der Waals surface area contributed by atoms with Gasteiger partial charge in [0.2, 0.25) is 5.91 Å². The molecule has 2 rings (SSSR count). The lowest BCUT2D eigenvalue weighted by Crippen LogP contribution is -2.44. The van der Waals surface area contributed by atoms with Gasteiger partial charge in [-0.15, -0.1) is 0 Å². The summed E-state index contributed by atoms with van der Waals surface area (Å²) in [5, 5.41) is 12.9. The summed E-state index contributed by atoms with van der Waals surface area (Å²) in [5.74, 6) is 1.24. The molecule has 0 atom stereocenters. The first-order valence-corrected chi connectivity index (χ1v) is 7.75. The van der Waals surface area contributed by atoms with E-state index in [0.29, 0.717) is 18.4 Å². The Balaban J connectivity index is 1.83. The molecule has 1 saturated heterocycles. The quantitative estimate of drug-likeness (QED) is 0.837. The van der Waals surface area contributed by atoms with E-state index in [9.17, 15) is 14.3 Å². The average molecular weight is 295 g/mol. The van der Waals surface area contributed by atoms with Crippen LogP contribution in [0.25, 0.3) is 6.08 Å². The molecule has 108 valence electrons. The molecule has 1 aromatic rings. The first-order chi connectivity index (χ1) is 9.57. The summed E-state index contributed by atoms with van der Waals surface area (Å²) in [4.78, 5) is 11.7. The van der Waals surface area contributed by atoms with E-state index in [0.717, 1.165) is 11.5 Å². The first kappa shape index (κ1) is 15.1. The molecule has 5 heteroatoms. The lowest BCUT2D eigenvalue weighted by atomic mass is 9.97. The topological polar surface area (TPSA) is 49.3 Å². The maximum absolute atomic E-state index is 13.0.